The molecule has 0 saturated carbocycles. The second-order valence-corrected chi connectivity index (χ2v) is 10.1. The van der Waals surface area contributed by atoms with Crippen molar-refractivity contribution in [2.45, 2.75) is 21.3 Å². The zero-order valence-corrected chi connectivity index (χ0v) is 17.7. The van der Waals surface area contributed by atoms with Crippen LogP contribution in [0, 0.1) is 11.8 Å². The molecule has 1 fully saturated rings. The summed E-state index contributed by atoms with van der Waals surface area (Å²) < 4.78 is -0.630. The standard InChI is InChI=1S/C10H9Cl4NO2S.C7H6N2/c11-9(12)10(13,14)18-15-7(16)5-3-1-2-4-6(5)8(15)17;1-2-4-7-6(3-1)8-5-9-7/h1-2,5-6,9H,3-4H2;1-5H,(H,8,9). The minimum atomic E-state index is -1.63. The summed E-state index contributed by atoms with van der Waals surface area (Å²) in [6.07, 6.45) is 6.64. The van der Waals surface area contributed by atoms with E-state index in [-0.39, 0.29) is 23.7 Å². The fourth-order valence-electron chi connectivity index (χ4n) is 2.90. The number of para-hydroxylation sites is 2. The monoisotopic (exact) mass is 465 g/mol. The van der Waals surface area contributed by atoms with Crippen molar-refractivity contribution in [3.63, 3.8) is 0 Å². The average molecular weight is 467 g/mol. The summed E-state index contributed by atoms with van der Waals surface area (Å²) in [5, 5.41) is 0. The lowest BCUT2D eigenvalue weighted by molar-refractivity contribution is -0.133. The van der Waals surface area contributed by atoms with Crippen molar-refractivity contribution in [2.24, 2.45) is 11.8 Å². The van der Waals surface area contributed by atoms with Gasteiger partial charge in [0.05, 0.1) is 29.2 Å². The van der Waals surface area contributed by atoms with Gasteiger partial charge in [0.15, 0.2) is 4.84 Å². The van der Waals surface area contributed by atoms with Crippen molar-refractivity contribution in [3.05, 3.63) is 42.7 Å². The molecule has 5 nitrogen and oxygen atoms in total. The molecule has 1 aliphatic carbocycles. The number of rotatable bonds is 3. The highest BCUT2D eigenvalue weighted by atomic mass is 35.5. The molecule has 2 amide bonds. The molecule has 1 N–H and O–H groups in total. The molecule has 1 aliphatic heterocycles. The highest BCUT2D eigenvalue weighted by molar-refractivity contribution is 8.02. The van der Waals surface area contributed by atoms with Crippen LogP contribution in [0.15, 0.2) is 42.7 Å². The van der Waals surface area contributed by atoms with Crippen molar-refractivity contribution in [3.8, 4) is 0 Å². The number of amides is 2. The van der Waals surface area contributed by atoms with Gasteiger partial charge in [-0.1, -0.05) is 47.5 Å². The van der Waals surface area contributed by atoms with E-state index in [4.69, 9.17) is 46.4 Å². The van der Waals surface area contributed by atoms with Gasteiger partial charge in [0.1, 0.15) is 0 Å². The smallest absolute Gasteiger partial charge is 0.243 e. The van der Waals surface area contributed by atoms with E-state index in [1.165, 1.54) is 0 Å². The molecule has 2 atom stereocenters. The van der Waals surface area contributed by atoms with E-state index in [9.17, 15) is 9.59 Å². The summed E-state index contributed by atoms with van der Waals surface area (Å²) in [7, 11) is 0. The number of hydrogen-bond acceptors (Lipinski definition) is 4. The zero-order chi connectivity index (χ0) is 19.6. The Kier molecular flexibility index (Phi) is 6.64. The van der Waals surface area contributed by atoms with Crippen molar-refractivity contribution >= 4 is 81.2 Å². The van der Waals surface area contributed by atoms with Gasteiger partial charge in [-0.2, -0.15) is 0 Å². The molecular formula is C17H15Cl4N3O2S. The molecule has 2 aliphatic rings. The van der Waals surface area contributed by atoms with Crippen LogP contribution in [0.5, 0.6) is 0 Å². The Bertz CT molecular complexity index is 814. The van der Waals surface area contributed by atoms with Gasteiger partial charge < -0.3 is 4.98 Å². The van der Waals surface area contributed by atoms with Gasteiger partial charge in [0, 0.05) is 11.9 Å². The van der Waals surface area contributed by atoms with Gasteiger partial charge in [0.25, 0.3) is 0 Å². The minimum Gasteiger partial charge on any atom is -0.345 e. The van der Waals surface area contributed by atoms with Gasteiger partial charge in [-0.15, -0.1) is 23.2 Å². The van der Waals surface area contributed by atoms with Crippen LogP contribution in [0.3, 0.4) is 0 Å². The van der Waals surface area contributed by atoms with Gasteiger partial charge in [-0.25, -0.2) is 9.29 Å². The molecule has 0 spiro atoms. The molecule has 2 heterocycles. The first-order valence-electron chi connectivity index (χ1n) is 8.07. The molecule has 2 aromatic rings. The van der Waals surface area contributed by atoms with E-state index >= 15 is 0 Å². The lowest BCUT2D eigenvalue weighted by Gasteiger charge is -2.24. The molecule has 1 saturated heterocycles. The number of halogens is 4. The first-order chi connectivity index (χ1) is 12.8. The van der Waals surface area contributed by atoms with Crippen molar-refractivity contribution in [1.29, 1.82) is 0 Å². The van der Waals surface area contributed by atoms with Crippen LogP contribution in [-0.4, -0.2) is 34.6 Å². The lowest BCUT2D eigenvalue weighted by Crippen LogP contribution is -2.31. The number of carbonyl (C=O) groups is 2. The maximum absolute atomic E-state index is 12.1. The summed E-state index contributed by atoms with van der Waals surface area (Å²) in [4.78, 5) is 30.1. The molecule has 4 rings (SSSR count). The molecule has 0 bridgehead atoms. The first-order valence-corrected chi connectivity index (χ1v) is 10.5. The van der Waals surface area contributed by atoms with Crippen molar-refractivity contribution in [2.75, 3.05) is 0 Å². The molecule has 10 heteroatoms. The number of allylic oxidation sites excluding steroid dienone is 2. The van der Waals surface area contributed by atoms with Crippen molar-refractivity contribution in [1.82, 2.24) is 14.3 Å². The number of aromatic amines is 1. The summed E-state index contributed by atoms with van der Waals surface area (Å²) in [6.45, 7) is 0. The largest absolute Gasteiger partial charge is 0.345 e. The van der Waals surface area contributed by atoms with E-state index < -0.39 is 8.50 Å². The van der Waals surface area contributed by atoms with Crippen LogP contribution >= 0.6 is 58.4 Å². The van der Waals surface area contributed by atoms with Gasteiger partial charge in [-0.05, 0) is 25.0 Å². The Hall–Kier alpha value is -0.920. The van der Waals surface area contributed by atoms with Crippen molar-refractivity contribution < 1.29 is 9.59 Å². The van der Waals surface area contributed by atoms with Gasteiger partial charge >= 0.3 is 0 Å². The number of H-pyrrole nitrogens is 1. The van der Waals surface area contributed by atoms with Crippen LogP contribution in [-0.2, 0) is 9.59 Å². The minimum absolute atomic E-state index is 0.279. The number of imidazole rings is 1. The molecule has 144 valence electrons. The maximum Gasteiger partial charge on any atom is 0.243 e. The Morgan fingerprint density at radius 2 is 1.70 bits per heavy atom. The Morgan fingerprint density at radius 1 is 1.11 bits per heavy atom. The molecule has 1 aromatic heterocycles. The first kappa shape index (κ1) is 20.8. The van der Waals surface area contributed by atoms with Gasteiger partial charge in [-0.3, -0.25) is 9.59 Å². The molecule has 2 unspecified atom stereocenters. The van der Waals surface area contributed by atoms with Crippen LogP contribution in [0.25, 0.3) is 11.0 Å². The average Bonchev–Trinajstić information content (AvgIpc) is 3.22. The fraction of sp³-hybridized carbons (Fsp3) is 0.353. The number of nitrogens with one attached hydrogen (secondary N) is 1. The van der Waals surface area contributed by atoms with Crippen LogP contribution in [0.4, 0.5) is 0 Å². The summed E-state index contributed by atoms with van der Waals surface area (Å²) >= 11 is 23.7. The van der Waals surface area contributed by atoms with E-state index in [0.29, 0.717) is 24.8 Å². The molecule has 1 aromatic carbocycles. The number of imide groups is 1. The quantitative estimate of drug-likeness (QED) is 0.296. The molecule has 27 heavy (non-hydrogen) atoms. The summed E-state index contributed by atoms with van der Waals surface area (Å²) in [6, 6.07) is 7.94. The maximum atomic E-state index is 12.1. The zero-order valence-electron chi connectivity index (χ0n) is 13.8. The summed E-state index contributed by atoms with van der Waals surface area (Å²) in [5.74, 6) is -1.19. The SMILES string of the molecule is O=C1C2CC=CCC2C(=O)N1SC(Cl)(Cl)C(Cl)Cl.c1ccc2[nH]cnc2c1. The number of aromatic nitrogens is 2. The Balaban J connectivity index is 0.000000193. The highest BCUT2D eigenvalue weighted by Gasteiger charge is 2.51. The predicted octanol–water partition coefficient (Wildman–Crippen LogP) is 5.08. The third-order valence-corrected chi connectivity index (χ3v) is 7.49. The lowest BCUT2D eigenvalue weighted by atomic mass is 9.85. The second kappa shape index (κ2) is 8.62. The Morgan fingerprint density at radius 3 is 2.26 bits per heavy atom. The third-order valence-electron chi connectivity index (χ3n) is 4.26. The normalized spacial score (nSPS) is 22.2. The van der Waals surface area contributed by atoms with Crippen LogP contribution < -0.4 is 0 Å². The Labute approximate surface area is 180 Å². The summed E-state index contributed by atoms with van der Waals surface area (Å²) in [5.41, 5.74) is 2.12. The third kappa shape index (κ3) is 4.57. The fourth-order valence-corrected chi connectivity index (χ4v) is 4.33. The van der Waals surface area contributed by atoms with E-state index in [1.807, 2.05) is 36.4 Å². The van der Waals surface area contributed by atoms with Crippen LogP contribution in [0.1, 0.15) is 12.8 Å². The number of hydrogen-bond donors (Lipinski definition) is 1. The van der Waals surface area contributed by atoms with Gasteiger partial charge in [0.2, 0.25) is 15.5 Å². The number of nitrogens with zero attached hydrogens (tertiary/aromatic N) is 2. The van der Waals surface area contributed by atoms with E-state index in [0.717, 1.165) is 15.3 Å². The number of carbonyl (C=O) groups excluding carboxylic acids is 2. The topological polar surface area (TPSA) is 66.1 Å². The molecule has 0 radical (unpaired) electrons. The molecular weight excluding hydrogens is 452 g/mol. The number of benzene rings is 1. The van der Waals surface area contributed by atoms with E-state index in [1.54, 1.807) is 6.33 Å². The predicted molar refractivity (Wildman–Crippen MR) is 111 cm³/mol. The second-order valence-electron chi connectivity index (χ2n) is 6.00. The number of fused-ring (bicyclic) bond motifs is 2. The van der Waals surface area contributed by atoms with E-state index in [2.05, 4.69) is 9.97 Å². The highest BCUT2D eigenvalue weighted by Crippen LogP contribution is 2.48. The van der Waals surface area contributed by atoms with Crippen LogP contribution in [0.2, 0.25) is 0 Å². The number of alkyl halides is 4.